The molecule has 0 aromatic carbocycles. The van der Waals surface area contributed by atoms with Gasteiger partial charge >= 0.3 is 88.7 Å². The van der Waals surface area contributed by atoms with Gasteiger partial charge in [0.2, 0.25) is 6.16 Å². The molecule has 0 saturated carbocycles. The maximum absolute atomic E-state index is 8.44. The molecule has 0 aliphatic heterocycles. The third kappa shape index (κ3) is 122. The van der Waals surface area contributed by atoms with Crippen LogP contribution in [0.15, 0.2) is 0 Å². The summed E-state index contributed by atoms with van der Waals surface area (Å²) < 4.78 is 0. The van der Waals surface area contributed by atoms with Gasteiger partial charge < -0.3 is 32.1 Å². The van der Waals surface area contributed by atoms with E-state index in [9.17, 15) is 0 Å². The fourth-order valence-corrected chi connectivity index (χ4v) is 0. The third-order valence-electron chi connectivity index (χ3n) is 0. The van der Waals surface area contributed by atoms with E-state index in [0.717, 1.165) is 0 Å². The van der Waals surface area contributed by atoms with Gasteiger partial charge in [0.25, 0.3) is 0 Å². The van der Waals surface area contributed by atoms with Gasteiger partial charge in [-0.1, -0.05) is 0 Å². The van der Waals surface area contributed by atoms with Crippen molar-refractivity contribution in [3.8, 4) is 0 Å². The zero-order chi connectivity index (χ0) is 3.58. The second kappa shape index (κ2) is 31.3. The van der Waals surface area contributed by atoms with E-state index in [1.54, 1.807) is 0 Å². The van der Waals surface area contributed by atoms with Crippen molar-refractivity contribution in [1.29, 1.82) is 0 Å². The minimum absolute atomic E-state index is 0. The van der Waals surface area contributed by atoms with Crippen molar-refractivity contribution in [2.24, 2.45) is 0 Å². The fourth-order valence-electron chi connectivity index (χ4n) is 0. The predicted octanol–water partition coefficient (Wildman–Crippen LogP) is -16.1. The molecule has 1 N–H and O–H groups in total. The van der Waals surface area contributed by atoms with Crippen LogP contribution in [0.5, 0.6) is 0 Å². The summed E-state index contributed by atoms with van der Waals surface area (Å²) in [5.74, 6) is 0. The minimum Gasteiger partial charge on any atom is -1.00 e. The van der Waals surface area contributed by atoms with E-state index in [4.69, 9.17) is 15.0 Å². The predicted molar refractivity (Wildman–Crippen MR) is 8.02 cm³/mol. The molecule has 3 nitrogen and oxygen atoms in total. The maximum Gasteiger partial charge on any atom is 1.00 e. The first-order chi connectivity index (χ1) is 1.73. The summed E-state index contributed by atoms with van der Waals surface area (Å²) in [6, 6.07) is 0. The summed E-state index contributed by atoms with van der Waals surface area (Å²) >= 11 is 0. The SMILES string of the molecule is O=C([O-])O.[Cl-].[F-].[Na+].[Na+].[Na+]. The van der Waals surface area contributed by atoms with Gasteiger partial charge in [-0.15, -0.1) is 0 Å². The van der Waals surface area contributed by atoms with Crippen LogP contribution in [-0.2, 0) is 0 Å². The standard InChI is InChI=1S/CH2O3.ClH.FH.3Na/c2-1(3)4;;;;;/h(H2,2,3,4);2*1H;;;/q;;;3*+1/p-3. The van der Waals surface area contributed by atoms with Crippen LogP contribution in [-0.4, -0.2) is 11.3 Å². The summed E-state index contributed by atoms with van der Waals surface area (Å²) in [6.07, 6.45) is -2.08. The Kier molecular flexibility index (Phi) is 146. The second-order valence-electron chi connectivity index (χ2n) is 0.266. The zero-order valence-electron chi connectivity index (χ0n) is 5.52. The van der Waals surface area contributed by atoms with Crippen LogP contribution in [0.1, 0.15) is 0 Å². The van der Waals surface area contributed by atoms with Crippen LogP contribution >= 0.6 is 0 Å². The molecule has 0 saturated heterocycles. The van der Waals surface area contributed by atoms with E-state index in [1.807, 2.05) is 0 Å². The summed E-state index contributed by atoms with van der Waals surface area (Å²) in [6.45, 7) is 0. The molecule has 8 heteroatoms. The van der Waals surface area contributed by atoms with Crippen molar-refractivity contribution < 1.29 is 121 Å². The van der Waals surface area contributed by atoms with Gasteiger partial charge in [0, 0.05) is 0 Å². The quantitative estimate of drug-likeness (QED) is 0.380. The minimum atomic E-state index is -2.08. The van der Waals surface area contributed by atoms with Crippen molar-refractivity contribution in [2.45, 2.75) is 0 Å². The molecule has 9 heavy (non-hydrogen) atoms. The van der Waals surface area contributed by atoms with Gasteiger partial charge in [-0.25, -0.2) is 0 Å². The van der Waals surface area contributed by atoms with Gasteiger partial charge in [-0.3, -0.25) is 0 Å². The largest absolute Gasteiger partial charge is 1.00 e. The molecule has 0 fully saturated rings. The van der Waals surface area contributed by atoms with Crippen LogP contribution < -0.4 is 111 Å². The molecule has 0 unspecified atom stereocenters. The Morgan fingerprint density at radius 2 is 1.22 bits per heavy atom. The topological polar surface area (TPSA) is 60.4 Å². The Morgan fingerprint density at radius 3 is 1.22 bits per heavy atom. The van der Waals surface area contributed by atoms with Crippen molar-refractivity contribution in [3.05, 3.63) is 0 Å². The Balaban J connectivity index is -0.00000000450. The molecule has 0 aromatic rings. The first kappa shape index (κ1) is 41.9. The number of carbonyl (C=O) groups is 1. The van der Waals surface area contributed by atoms with Crippen LogP contribution in [0.4, 0.5) is 4.79 Å². The summed E-state index contributed by atoms with van der Waals surface area (Å²) in [4.78, 5) is 8.44. The van der Waals surface area contributed by atoms with Crippen molar-refractivity contribution in [2.75, 3.05) is 0 Å². The van der Waals surface area contributed by atoms with Crippen molar-refractivity contribution in [3.63, 3.8) is 0 Å². The Morgan fingerprint density at radius 1 is 1.22 bits per heavy atom. The smallest absolute Gasteiger partial charge is 1.00 e. The third-order valence-corrected chi connectivity index (χ3v) is 0. The van der Waals surface area contributed by atoms with Crippen molar-refractivity contribution in [1.82, 2.24) is 0 Å². The van der Waals surface area contributed by atoms with E-state index in [-0.39, 0.29) is 106 Å². The maximum atomic E-state index is 8.44. The molecular formula is CHClFNa3O3. The number of hydrogen-bond acceptors (Lipinski definition) is 2. The Bertz CT molecular complexity index is 42.0. The van der Waals surface area contributed by atoms with Gasteiger partial charge in [-0.2, -0.15) is 0 Å². The normalized spacial score (nSPS) is 2.67. The molecule has 0 aliphatic carbocycles. The van der Waals surface area contributed by atoms with E-state index >= 15 is 0 Å². The molecular weight excluding hydrogens is 183 g/mol. The molecule has 0 amide bonds. The van der Waals surface area contributed by atoms with E-state index < -0.39 is 6.16 Å². The molecule has 0 aromatic heterocycles. The average molecular weight is 184 g/mol. The van der Waals surface area contributed by atoms with Crippen molar-refractivity contribution >= 4 is 6.16 Å². The van der Waals surface area contributed by atoms with Gasteiger partial charge in [0.05, 0.1) is 0 Å². The van der Waals surface area contributed by atoms with Crippen LogP contribution in [0.25, 0.3) is 0 Å². The second-order valence-corrected chi connectivity index (χ2v) is 0.266. The zero-order valence-corrected chi connectivity index (χ0v) is 12.3. The fraction of sp³-hybridized carbons (Fsp3) is 0. The molecule has 0 bridgehead atoms. The Hall–Kier alpha value is 2.49. The number of carboxylic acid groups (broad SMARTS) is 2. The summed E-state index contributed by atoms with van der Waals surface area (Å²) in [5, 5.41) is 15.3. The van der Waals surface area contributed by atoms with Gasteiger partial charge in [0.1, 0.15) is 0 Å². The van der Waals surface area contributed by atoms with Crippen LogP contribution in [0.3, 0.4) is 0 Å². The van der Waals surface area contributed by atoms with E-state index in [0.29, 0.717) is 0 Å². The molecule has 0 heterocycles. The molecule has 0 spiro atoms. The average Bonchev–Trinajstić information content (AvgIpc) is 0.811. The van der Waals surface area contributed by atoms with Gasteiger partial charge in [0.15, 0.2) is 0 Å². The molecule has 0 atom stereocenters. The van der Waals surface area contributed by atoms with E-state index in [1.165, 1.54) is 0 Å². The van der Waals surface area contributed by atoms with E-state index in [2.05, 4.69) is 0 Å². The summed E-state index contributed by atoms with van der Waals surface area (Å²) in [7, 11) is 0. The molecule has 0 aliphatic rings. The number of hydrogen-bond donors (Lipinski definition) is 1. The first-order valence-electron chi connectivity index (χ1n) is 0.632. The van der Waals surface area contributed by atoms with Gasteiger partial charge in [-0.05, 0) is 0 Å². The Labute approximate surface area is 125 Å². The molecule has 0 rings (SSSR count). The van der Waals surface area contributed by atoms with Crippen LogP contribution in [0.2, 0.25) is 0 Å². The molecule has 40 valence electrons. The number of halogens is 2. The molecule has 0 radical (unpaired) electrons. The first-order valence-corrected chi connectivity index (χ1v) is 0.632. The van der Waals surface area contributed by atoms with Crippen LogP contribution in [0, 0.1) is 0 Å². The number of rotatable bonds is 0. The monoisotopic (exact) mass is 184 g/mol. The summed E-state index contributed by atoms with van der Waals surface area (Å²) in [5.41, 5.74) is 0.